The fraction of sp³-hybridized carbons (Fsp3) is 0.385. The molecule has 5 aliphatic heterocycles. The van der Waals surface area contributed by atoms with E-state index in [4.69, 9.17) is 9.97 Å². The van der Waals surface area contributed by atoms with Crippen molar-refractivity contribution in [2.45, 2.75) is 44.2 Å². The number of carbonyl (C=O) groups is 4. The van der Waals surface area contributed by atoms with Crippen molar-refractivity contribution in [3.8, 4) is 0 Å². The SMILES string of the molecule is O=C1CCC(N2C(=O)c3ccc(N4CC5(CCN(C6CN(c7nc(NCCc8ccc([N+](=O)[O-])cc8)c8ccccc8n7)C6)CC5)C4)cc3C2=O)C(=O)N1. The van der Waals surface area contributed by atoms with E-state index in [2.05, 4.69) is 25.3 Å². The average molecular weight is 730 g/mol. The Morgan fingerprint density at radius 1 is 0.889 bits per heavy atom. The number of non-ortho nitro benzene ring substituents is 1. The summed E-state index contributed by atoms with van der Waals surface area (Å²) in [5.41, 5.74) is 3.70. The molecule has 15 heteroatoms. The summed E-state index contributed by atoms with van der Waals surface area (Å²) < 4.78 is 0. The zero-order chi connectivity index (χ0) is 37.1. The quantitative estimate of drug-likeness (QED) is 0.146. The normalized spacial score (nSPS) is 21.3. The fourth-order valence-electron chi connectivity index (χ4n) is 8.58. The molecule has 5 aliphatic rings. The van der Waals surface area contributed by atoms with Crippen molar-refractivity contribution in [1.29, 1.82) is 0 Å². The maximum Gasteiger partial charge on any atom is 0.269 e. The Morgan fingerprint density at radius 3 is 2.37 bits per heavy atom. The summed E-state index contributed by atoms with van der Waals surface area (Å²) in [5, 5.41) is 17.7. The first-order valence-electron chi connectivity index (χ1n) is 18.5. The second-order valence-electron chi connectivity index (χ2n) is 15.1. The van der Waals surface area contributed by atoms with E-state index >= 15 is 0 Å². The van der Waals surface area contributed by atoms with E-state index in [0.29, 0.717) is 36.1 Å². The fourth-order valence-corrected chi connectivity index (χ4v) is 8.58. The number of piperidine rings is 2. The molecule has 0 saturated carbocycles. The van der Waals surface area contributed by atoms with Gasteiger partial charge in [0, 0.05) is 73.8 Å². The van der Waals surface area contributed by atoms with Crippen LogP contribution in [0.15, 0.2) is 66.7 Å². The molecular formula is C39H39N9O6. The van der Waals surface area contributed by atoms with Crippen molar-refractivity contribution < 1.29 is 24.1 Å². The largest absolute Gasteiger partial charge is 0.370 e. The Kier molecular flexibility index (Phi) is 8.25. The Labute approximate surface area is 310 Å². The number of nitrogens with zero attached hydrogens (tertiary/aromatic N) is 7. The summed E-state index contributed by atoms with van der Waals surface area (Å²) in [5.74, 6) is -0.477. The minimum Gasteiger partial charge on any atom is -0.370 e. The van der Waals surface area contributed by atoms with E-state index in [1.165, 1.54) is 12.1 Å². The number of nitro groups is 1. The Bertz CT molecular complexity index is 2210. The number of nitrogens with one attached hydrogen (secondary N) is 2. The van der Waals surface area contributed by atoms with Gasteiger partial charge in [0.15, 0.2) is 0 Å². The lowest BCUT2D eigenvalue weighted by Crippen LogP contribution is -2.65. The summed E-state index contributed by atoms with van der Waals surface area (Å²) in [6, 6.07) is 19.4. The summed E-state index contributed by atoms with van der Waals surface area (Å²) >= 11 is 0. The van der Waals surface area contributed by atoms with Gasteiger partial charge < -0.3 is 15.1 Å². The highest BCUT2D eigenvalue weighted by molar-refractivity contribution is 6.23. The highest BCUT2D eigenvalue weighted by atomic mass is 16.6. The molecule has 4 aromatic rings. The molecule has 0 aliphatic carbocycles. The third-order valence-electron chi connectivity index (χ3n) is 11.8. The molecule has 3 aromatic carbocycles. The van der Waals surface area contributed by atoms with Crippen LogP contribution in [0.1, 0.15) is 52.0 Å². The van der Waals surface area contributed by atoms with Gasteiger partial charge in [-0.2, -0.15) is 4.98 Å². The highest BCUT2D eigenvalue weighted by Crippen LogP contribution is 2.44. The number of hydrogen-bond donors (Lipinski definition) is 2. The van der Waals surface area contributed by atoms with Gasteiger partial charge in [0.1, 0.15) is 11.9 Å². The number of imide groups is 2. The standard InChI is InChI=1S/C39H39N9O6/c49-33-12-11-32(35(50)42-33)47-36(51)28-10-9-26(19-30(28)37(47)52)46-22-39(23-46)14-17-44(18-15-39)27-20-45(21-27)38-41-31-4-2-1-3-29(31)34(43-38)40-16-13-24-5-7-25(8-6-24)48(53)54/h1-10,19,27,32H,11-18,20-23H2,(H,40,41,43)(H,42,49,50). The van der Waals surface area contributed by atoms with E-state index < -0.39 is 34.6 Å². The van der Waals surface area contributed by atoms with E-state index in [0.717, 1.165) is 85.0 Å². The van der Waals surface area contributed by atoms with Crippen LogP contribution in [0, 0.1) is 15.5 Å². The third-order valence-corrected chi connectivity index (χ3v) is 11.8. The smallest absolute Gasteiger partial charge is 0.269 e. The van der Waals surface area contributed by atoms with Crippen molar-refractivity contribution >= 4 is 57.7 Å². The lowest BCUT2D eigenvalue weighted by molar-refractivity contribution is -0.384. The molecule has 0 bridgehead atoms. The lowest BCUT2D eigenvalue weighted by Gasteiger charge is -2.57. The van der Waals surface area contributed by atoms with E-state index in [1.807, 2.05) is 30.3 Å². The second-order valence-corrected chi connectivity index (χ2v) is 15.1. The van der Waals surface area contributed by atoms with Gasteiger partial charge in [-0.3, -0.25) is 44.4 Å². The van der Waals surface area contributed by atoms with Gasteiger partial charge in [-0.1, -0.05) is 24.3 Å². The number of para-hydroxylation sites is 1. The minimum absolute atomic E-state index is 0.0829. The molecule has 1 unspecified atom stereocenters. The van der Waals surface area contributed by atoms with Gasteiger partial charge in [0.25, 0.3) is 17.5 Å². The van der Waals surface area contributed by atoms with Crippen molar-refractivity contribution in [2.75, 3.05) is 60.9 Å². The molecule has 2 N–H and O–H groups in total. The lowest BCUT2D eigenvalue weighted by atomic mass is 9.71. The second kappa shape index (κ2) is 13.2. The minimum atomic E-state index is -0.971. The monoisotopic (exact) mass is 729 g/mol. The van der Waals surface area contributed by atoms with Crippen LogP contribution in [-0.4, -0.2) is 106 Å². The molecule has 0 radical (unpaired) electrons. The zero-order valence-electron chi connectivity index (χ0n) is 29.6. The molecule has 1 spiro atoms. The van der Waals surface area contributed by atoms with Crippen molar-refractivity contribution in [1.82, 2.24) is 25.1 Å². The molecule has 1 aromatic heterocycles. The van der Waals surface area contributed by atoms with Crippen molar-refractivity contribution in [3.05, 3.63) is 93.5 Å². The average Bonchev–Trinajstić information content (AvgIpc) is 3.38. The number of anilines is 3. The first kappa shape index (κ1) is 33.8. The molecule has 4 saturated heterocycles. The van der Waals surface area contributed by atoms with Crippen LogP contribution in [0.2, 0.25) is 0 Å². The molecule has 9 rings (SSSR count). The number of carbonyl (C=O) groups excluding carboxylic acids is 4. The maximum atomic E-state index is 13.3. The van der Waals surface area contributed by atoms with Gasteiger partial charge >= 0.3 is 0 Å². The molecular weight excluding hydrogens is 690 g/mol. The van der Waals surface area contributed by atoms with E-state index in [9.17, 15) is 29.3 Å². The summed E-state index contributed by atoms with van der Waals surface area (Å²) in [6.07, 6.45) is 3.10. The molecule has 6 heterocycles. The Morgan fingerprint density at radius 2 is 1.63 bits per heavy atom. The molecule has 1 atom stereocenters. The van der Waals surface area contributed by atoms with Crippen LogP contribution < -0.4 is 20.4 Å². The molecule has 15 nitrogen and oxygen atoms in total. The summed E-state index contributed by atoms with van der Waals surface area (Å²) in [6.45, 7) is 6.15. The predicted molar refractivity (Wildman–Crippen MR) is 199 cm³/mol. The zero-order valence-corrected chi connectivity index (χ0v) is 29.6. The number of aromatic nitrogens is 2. The van der Waals surface area contributed by atoms with Crippen LogP contribution >= 0.6 is 0 Å². The number of amides is 4. The predicted octanol–water partition coefficient (Wildman–Crippen LogP) is 3.38. The van der Waals surface area contributed by atoms with E-state index in [1.54, 1.807) is 24.3 Å². The Balaban J connectivity index is 0.781. The maximum absolute atomic E-state index is 13.3. The van der Waals surface area contributed by atoms with Gasteiger partial charge in [-0.05, 0) is 74.7 Å². The van der Waals surface area contributed by atoms with Gasteiger partial charge in [-0.25, -0.2) is 4.98 Å². The number of likely N-dealkylation sites (tertiary alicyclic amines) is 1. The number of fused-ring (bicyclic) bond motifs is 2. The van der Waals surface area contributed by atoms with Crippen LogP contribution in [0.3, 0.4) is 0 Å². The third kappa shape index (κ3) is 5.97. The summed E-state index contributed by atoms with van der Waals surface area (Å²) in [4.78, 5) is 79.0. The van der Waals surface area contributed by atoms with Crippen LogP contribution in [0.25, 0.3) is 10.9 Å². The van der Waals surface area contributed by atoms with Gasteiger partial charge in [0.2, 0.25) is 17.8 Å². The molecule has 4 fully saturated rings. The number of nitro benzene ring substituents is 1. The van der Waals surface area contributed by atoms with Crippen molar-refractivity contribution in [2.24, 2.45) is 5.41 Å². The highest BCUT2D eigenvalue weighted by Gasteiger charge is 2.48. The van der Waals surface area contributed by atoms with Crippen LogP contribution in [0.4, 0.5) is 23.1 Å². The first-order chi connectivity index (χ1) is 26.1. The van der Waals surface area contributed by atoms with Gasteiger partial charge in [-0.15, -0.1) is 0 Å². The van der Waals surface area contributed by atoms with Crippen molar-refractivity contribution in [3.63, 3.8) is 0 Å². The summed E-state index contributed by atoms with van der Waals surface area (Å²) in [7, 11) is 0. The topological polar surface area (TPSA) is 174 Å². The number of benzene rings is 3. The number of hydrogen-bond acceptors (Lipinski definition) is 12. The molecule has 4 amide bonds. The molecule has 276 valence electrons. The van der Waals surface area contributed by atoms with Gasteiger partial charge in [0.05, 0.1) is 21.6 Å². The molecule has 54 heavy (non-hydrogen) atoms. The van der Waals surface area contributed by atoms with E-state index in [-0.39, 0.29) is 23.9 Å². The first-order valence-corrected chi connectivity index (χ1v) is 18.5. The van der Waals surface area contributed by atoms with Crippen LogP contribution in [-0.2, 0) is 16.0 Å². The van der Waals surface area contributed by atoms with Crippen LogP contribution in [0.5, 0.6) is 0 Å². The Hall–Kier alpha value is -5.96. The number of rotatable bonds is 9.